The Morgan fingerprint density at radius 2 is 1.59 bits per heavy atom. The minimum absolute atomic E-state index is 0.174. The van der Waals surface area contributed by atoms with E-state index in [1.54, 1.807) is 6.07 Å². The normalized spacial score (nSPS) is 19.9. The molecule has 0 atom stereocenters. The van der Waals surface area contributed by atoms with Crippen LogP contribution in [0.5, 0.6) is 0 Å². The number of benzene rings is 1. The van der Waals surface area contributed by atoms with Crippen LogP contribution in [-0.2, 0) is 15.9 Å². The minimum Gasteiger partial charge on any atom is -0.399 e. The highest BCUT2D eigenvalue weighted by molar-refractivity contribution is 6.62. The Kier molecular flexibility index (Phi) is 5.00. The number of hydrogen-bond donors (Lipinski definition) is 0. The third-order valence-electron chi connectivity index (χ3n) is 4.88. The van der Waals surface area contributed by atoms with Gasteiger partial charge in [-0.2, -0.15) is 0 Å². The lowest BCUT2D eigenvalue weighted by Gasteiger charge is -2.32. The maximum atomic E-state index is 14.1. The van der Waals surface area contributed by atoms with Crippen LogP contribution >= 0.6 is 0 Å². The lowest BCUT2D eigenvalue weighted by molar-refractivity contribution is 0.00578. The molecule has 3 nitrogen and oxygen atoms in total. The molecule has 1 aromatic rings. The Bertz CT molecular complexity index is 513. The van der Waals surface area contributed by atoms with E-state index in [0.29, 0.717) is 12.1 Å². The Morgan fingerprint density at radius 1 is 1.05 bits per heavy atom. The van der Waals surface area contributed by atoms with E-state index in [1.165, 1.54) is 6.07 Å². The first-order valence-electron chi connectivity index (χ1n) is 8.06. The first-order valence-corrected chi connectivity index (χ1v) is 8.06. The second-order valence-corrected chi connectivity index (χ2v) is 6.90. The molecule has 1 aliphatic rings. The van der Waals surface area contributed by atoms with Gasteiger partial charge in [-0.1, -0.05) is 26.0 Å². The monoisotopic (exact) mass is 307 g/mol. The number of rotatable bonds is 5. The highest BCUT2D eigenvalue weighted by atomic mass is 19.1. The molecule has 0 bridgehead atoms. The van der Waals surface area contributed by atoms with Crippen LogP contribution in [0, 0.1) is 5.82 Å². The van der Waals surface area contributed by atoms with Gasteiger partial charge in [-0.3, -0.25) is 4.90 Å². The fourth-order valence-electron chi connectivity index (χ4n) is 2.53. The summed E-state index contributed by atoms with van der Waals surface area (Å²) in [7, 11) is -0.443. The maximum absolute atomic E-state index is 14.1. The van der Waals surface area contributed by atoms with E-state index in [1.807, 2.05) is 33.8 Å². The van der Waals surface area contributed by atoms with Gasteiger partial charge in [-0.25, -0.2) is 4.39 Å². The van der Waals surface area contributed by atoms with Crippen LogP contribution in [0.4, 0.5) is 4.39 Å². The second kappa shape index (κ2) is 6.30. The van der Waals surface area contributed by atoms with E-state index in [-0.39, 0.29) is 17.0 Å². The molecule has 5 heteroatoms. The summed E-state index contributed by atoms with van der Waals surface area (Å²) in [5, 5.41) is 0. The summed E-state index contributed by atoms with van der Waals surface area (Å²) >= 11 is 0. The molecule has 122 valence electrons. The zero-order chi connectivity index (χ0) is 16.5. The summed E-state index contributed by atoms with van der Waals surface area (Å²) in [6.45, 7) is 14.7. The van der Waals surface area contributed by atoms with E-state index in [2.05, 4.69) is 18.7 Å². The van der Waals surface area contributed by atoms with Gasteiger partial charge in [0.2, 0.25) is 0 Å². The third kappa shape index (κ3) is 3.37. The van der Waals surface area contributed by atoms with E-state index in [0.717, 1.165) is 18.6 Å². The third-order valence-corrected chi connectivity index (χ3v) is 4.88. The van der Waals surface area contributed by atoms with Gasteiger partial charge in [0.05, 0.1) is 11.2 Å². The van der Waals surface area contributed by atoms with Crippen molar-refractivity contribution in [3.05, 3.63) is 29.6 Å². The predicted octanol–water partition coefficient (Wildman–Crippen LogP) is 2.97. The lowest BCUT2D eigenvalue weighted by atomic mass is 9.78. The fraction of sp³-hybridized carbons (Fsp3) is 0.647. The number of nitrogens with zero attached hydrogens (tertiary/aromatic N) is 1. The lowest BCUT2D eigenvalue weighted by Crippen LogP contribution is -2.41. The molecule has 1 fully saturated rings. The van der Waals surface area contributed by atoms with Crippen LogP contribution in [0.3, 0.4) is 0 Å². The SMILES string of the molecule is CCN(CC)Cc1cc(B2OC(C)(C)C(C)(C)O2)ccc1F. The van der Waals surface area contributed by atoms with Crippen LogP contribution in [0.2, 0.25) is 0 Å². The molecule has 0 amide bonds. The summed E-state index contributed by atoms with van der Waals surface area (Å²) in [5.74, 6) is -0.174. The summed E-state index contributed by atoms with van der Waals surface area (Å²) in [6, 6.07) is 5.14. The first kappa shape index (κ1) is 17.4. The molecule has 0 spiro atoms. The molecular weight excluding hydrogens is 280 g/mol. The summed E-state index contributed by atoms with van der Waals surface area (Å²) < 4.78 is 26.2. The van der Waals surface area contributed by atoms with Gasteiger partial charge in [0, 0.05) is 12.1 Å². The van der Waals surface area contributed by atoms with Crippen molar-refractivity contribution < 1.29 is 13.7 Å². The van der Waals surface area contributed by atoms with E-state index < -0.39 is 7.12 Å². The zero-order valence-corrected chi connectivity index (χ0v) is 14.6. The summed E-state index contributed by atoms with van der Waals surface area (Å²) in [4.78, 5) is 2.19. The quantitative estimate of drug-likeness (QED) is 0.781. The van der Waals surface area contributed by atoms with Crippen LogP contribution in [0.25, 0.3) is 0 Å². The van der Waals surface area contributed by atoms with E-state index in [4.69, 9.17) is 9.31 Å². The van der Waals surface area contributed by atoms with Gasteiger partial charge in [0.15, 0.2) is 0 Å². The average Bonchev–Trinajstić information content (AvgIpc) is 2.66. The molecule has 1 aromatic carbocycles. The smallest absolute Gasteiger partial charge is 0.399 e. The summed E-state index contributed by atoms with van der Waals surface area (Å²) in [6.07, 6.45) is 0. The maximum Gasteiger partial charge on any atom is 0.494 e. The van der Waals surface area contributed by atoms with Gasteiger partial charge in [-0.15, -0.1) is 0 Å². The molecule has 0 N–H and O–H groups in total. The highest BCUT2D eigenvalue weighted by Crippen LogP contribution is 2.36. The van der Waals surface area contributed by atoms with Crippen LogP contribution in [0.1, 0.15) is 47.1 Å². The van der Waals surface area contributed by atoms with E-state index in [9.17, 15) is 4.39 Å². The van der Waals surface area contributed by atoms with Crippen molar-refractivity contribution in [3.8, 4) is 0 Å². The molecule has 0 aromatic heterocycles. The predicted molar refractivity (Wildman–Crippen MR) is 88.7 cm³/mol. The van der Waals surface area contributed by atoms with E-state index >= 15 is 0 Å². The average molecular weight is 307 g/mol. The van der Waals surface area contributed by atoms with Crippen molar-refractivity contribution in [2.45, 2.75) is 59.3 Å². The van der Waals surface area contributed by atoms with Crippen molar-refractivity contribution >= 4 is 12.6 Å². The Hall–Kier alpha value is -0.905. The second-order valence-electron chi connectivity index (χ2n) is 6.90. The topological polar surface area (TPSA) is 21.7 Å². The van der Waals surface area contributed by atoms with Crippen LogP contribution in [-0.4, -0.2) is 36.3 Å². The number of halogens is 1. The van der Waals surface area contributed by atoms with Gasteiger partial charge < -0.3 is 9.31 Å². The van der Waals surface area contributed by atoms with Gasteiger partial charge in [-0.05, 0) is 52.3 Å². The molecule has 1 aliphatic heterocycles. The van der Waals surface area contributed by atoms with Crippen molar-refractivity contribution in [2.75, 3.05) is 13.1 Å². The zero-order valence-electron chi connectivity index (χ0n) is 14.6. The van der Waals surface area contributed by atoms with Crippen molar-refractivity contribution in [1.29, 1.82) is 0 Å². The molecule has 2 rings (SSSR count). The Balaban J connectivity index is 2.23. The summed E-state index contributed by atoms with van der Waals surface area (Å²) in [5.41, 5.74) is 0.800. The Morgan fingerprint density at radius 3 is 2.09 bits per heavy atom. The van der Waals surface area contributed by atoms with Gasteiger partial charge in [0.25, 0.3) is 0 Å². The molecule has 0 unspecified atom stereocenters. The van der Waals surface area contributed by atoms with Gasteiger partial charge >= 0.3 is 7.12 Å². The molecule has 0 radical (unpaired) electrons. The van der Waals surface area contributed by atoms with Crippen molar-refractivity contribution in [2.24, 2.45) is 0 Å². The van der Waals surface area contributed by atoms with Gasteiger partial charge in [0.1, 0.15) is 5.82 Å². The molecule has 0 aliphatic carbocycles. The standard InChI is InChI=1S/C17H27BFNO2/c1-7-20(8-2)12-13-11-14(9-10-15(13)19)18-21-16(3,4)17(5,6)22-18/h9-11H,7-8,12H2,1-6H3. The molecule has 22 heavy (non-hydrogen) atoms. The molecular formula is C17H27BFNO2. The van der Waals surface area contributed by atoms with Crippen LogP contribution < -0.4 is 5.46 Å². The molecule has 0 saturated carbocycles. The first-order chi connectivity index (χ1) is 10.2. The Labute approximate surface area is 133 Å². The minimum atomic E-state index is -0.443. The van der Waals surface area contributed by atoms with Crippen LogP contribution in [0.15, 0.2) is 18.2 Å². The largest absolute Gasteiger partial charge is 0.494 e. The molecule has 1 heterocycles. The fourth-order valence-corrected chi connectivity index (χ4v) is 2.53. The highest BCUT2D eigenvalue weighted by Gasteiger charge is 2.51. The molecule has 1 saturated heterocycles. The van der Waals surface area contributed by atoms with Crippen molar-refractivity contribution in [1.82, 2.24) is 4.90 Å². The van der Waals surface area contributed by atoms with Crippen molar-refractivity contribution in [3.63, 3.8) is 0 Å². The number of hydrogen-bond acceptors (Lipinski definition) is 3.